The zero-order valence-corrected chi connectivity index (χ0v) is 16.5. The molecule has 3 aromatic heterocycles. The Morgan fingerprint density at radius 2 is 1.82 bits per heavy atom. The van der Waals surface area contributed by atoms with Crippen molar-refractivity contribution in [2.45, 2.75) is 33.2 Å². The zero-order valence-electron chi connectivity index (χ0n) is 15.8. The van der Waals surface area contributed by atoms with Crippen molar-refractivity contribution in [1.82, 2.24) is 24.1 Å². The molecule has 0 atom stereocenters. The Morgan fingerprint density at radius 1 is 1.04 bits per heavy atom. The van der Waals surface area contributed by atoms with Crippen LogP contribution in [-0.2, 0) is 19.4 Å². The van der Waals surface area contributed by atoms with Crippen LogP contribution in [0.3, 0.4) is 0 Å². The van der Waals surface area contributed by atoms with Gasteiger partial charge in [-0.25, -0.2) is 9.97 Å². The minimum Gasteiger partial charge on any atom is -0.315 e. The van der Waals surface area contributed by atoms with Crippen LogP contribution in [0.5, 0.6) is 0 Å². The molecule has 1 aromatic carbocycles. The van der Waals surface area contributed by atoms with Gasteiger partial charge < -0.3 is 4.57 Å². The average molecular weight is 394 g/mol. The average Bonchev–Trinajstić information content (AvgIpc) is 3.13. The highest BCUT2D eigenvalue weighted by atomic mass is 35.5. The number of rotatable bonds is 5. The van der Waals surface area contributed by atoms with Crippen molar-refractivity contribution in [2.75, 3.05) is 0 Å². The first-order valence-electron chi connectivity index (χ1n) is 9.27. The summed E-state index contributed by atoms with van der Waals surface area (Å²) in [7, 11) is 0. The van der Waals surface area contributed by atoms with Gasteiger partial charge in [0, 0.05) is 29.9 Å². The molecule has 0 unspecified atom stereocenters. The van der Waals surface area contributed by atoms with Gasteiger partial charge in [0.1, 0.15) is 5.82 Å². The fourth-order valence-corrected chi connectivity index (χ4v) is 3.32. The molecule has 0 spiro atoms. The normalized spacial score (nSPS) is 11.2. The molecule has 4 aromatic rings. The number of halogens is 1. The molecule has 0 aliphatic carbocycles. The van der Waals surface area contributed by atoms with Crippen molar-refractivity contribution < 1.29 is 0 Å². The standard InChI is InChI=1S/C21H20ClN5O/c1-3-16-8-5-14(12-23-16)11-18-25-20-19(24-13-26(20)4-2)21(28)27(18)17-9-6-15(22)7-10-17/h5-10,12-13H,3-4,11H2,1-2H3. The van der Waals surface area contributed by atoms with Gasteiger partial charge in [-0.3, -0.25) is 14.3 Å². The topological polar surface area (TPSA) is 65.6 Å². The Bertz CT molecular complexity index is 1180. The Hall–Kier alpha value is -2.99. The lowest BCUT2D eigenvalue weighted by Crippen LogP contribution is -2.24. The van der Waals surface area contributed by atoms with Gasteiger partial charge in [0.2, 0.25) is 0 Å². The number of aromatic nitrogens is 5. The van der Waals surface area contributed by atoms with E-state index in [1.54, 1.807) is 23.0 Å². The number of imidazole rings is 1. The fourth-order valence-electron chi connectivity index (χ4n) is 3.20. The van der Waals surface area contributed by atoms with Crippen molar-refractivity contribution in [1.29, 1.82) is 0 Å². The lowest BCUT2D eigenvalue weighted by Gasteiger charge is -2.13. The number of nitrogens with zero attached hydrogens (tertiary/aromatic N) is 5. The van der Waals surface area contributed by atoms with Crippen molar-refractivity contribution in [3.63, 3.8) is 0 Å². The predicted molar refractivity (Wildman–Crippen MR) is 110 cm³/mol. The maximum Gasteiger partial charge on any atom is 0.286 e. The summed E-state index contributed by atoms with van der Waals surface area (Å²) in [6.07, 6.45) is 4.88. The Kier molecular flexibility index (Phi) is 4.96. The van der Waals surface area contributed by atoms with Gasteiger partial charge in [-0.15, -0.1) is 0 Å². The highest BCUT2D eigenvalue weighted by Crippen LogP contribution is 2.18. The van der Waals surface area contributed by atoms with Gasteiger partial charge in [-0.05, 0) is 49.2 Å². The minimum absolute atomic E-state index is 0.187. The molecule has 0 fully saturated rings. The predicted octanol–water partition coefficient (Wildman–Crippen LogP) is 3.80. The molecule has 4 rings (SSSR count). The van der Waals surface area contributed by atoms with E-state index in [4.69, 9.17) is 16.6 Å². The Labute approximate surface area is 167 Å². The van der Waals surface area contributed by atoms with Crippen LogP contribution in [0, 0.1) is 0 Å². The summed E-state index contributed by atoms with van der Waals surface area (Å²) in [5.74, 6) is 0.640. The maximum absolute atomic E-state index is 13.3. The second kappa shape index (κ2) is 7.56. The van der Waals surface area contributed by atoms with Crippen molar-refractivity contribution >= 4 is 22.8 Å². The first-order chi connectivity index (χ1) is 13.6. The second-order valence-corrected chi connectivity index (χ2v) is 6.97. The van der Waals surface area contributed by atoms with Gasteiger partial charge in [-0.2, -0.15) is 0 Å². The highest BCUT2D eigenvalue weighted by Gasteiger charge is 2.17. The van der Waals surface area contributed by atoms with Crippen LogP contribution in [0.15, 0.2) is 53.7 Å². The quantitative estimate of drug-likeness (QED) is 0.517. The minimum atomic E-state index is -0.187. The summed E-state index contributed by atoms with van der Waals surface area (Å²) in [4.78, 5) is 26.8. The van der Waals surface area contributed by atoms with E-state index in [1.807, 2.05) is 42.0 Å². The molecule has 0 bridgehead atoms. The number of benzene rings is 1. The van der Waals surface area contributed by atoms with Crippen molar-refractivity contribution in [2.24, 2.45) is 0 Å². The van der Waals surface area contributed by atoms with E-state index in [9.17, 15) is 4.79 Å². The van der Waals surface area contributed by atoms with Gasteiger partial charge in [0.15, 0.2) is 11.2 Å². The number of hydrogen-bond donors (Lipinski definition) is 0. The molecule has 6 nitrogen and oxygen atoms in total. The summed E-state index contributed by atoms with van der Waals surface area (Å²) in [6, 6.07) is 11.2. The van der Waals surface area contributed by atoms with Crippen LogP contribution in [0.1, 0.15) is 30.9 Å². The SMILES string of the molecule is CCc1ccc(Cc2nc3c(ncn3CC)c(=O)n2-c2ccc(Cl)cc2)cn1. The van der Waals surface area contributed by atoms with Crippen molar-refractivity contribution in [3.8, 4) is 5.69 Å². The van der Waals surface area contributed by atoms with Crippen LogP contribution in [0.25, 0.3) is 16.9 Å². The summed E-state index contributed by atoms with van der Waals surface area (Å²) in [5.41, 5.74) is 3.52. The smallest absolute Gasteiger partial charge is 0.286 e. The van der Waals surface area contributed by atoms with Gasteiger partial charge >= 0.3 is 0 Å². The molecule has 0 aliphatic heterocycles. The first kappa shape index (κ1) is 18.4. The molecule has 0 saturated heterocycles. The molecular weight excluding hydrogens is 374 g/mol. The van der Waals surface area contributed by atoms with E-state index in [2.05, 4.69) is 16.9 Å². The number of hydrogen-bond acceptors (Lipinski definition) is 4. The second-order valence-electron chi connectivity index (χ2n) is 6.54. The molecule has 7 heteroatoms. The molecule has 0 radical (unpaired) electrons. The summed E-state index contributed by atoms with van der Waals surface area (Å²) in [5, 5.41) is 0.613. The maximum atomic E-state index is 13.3. The lowest BCUT2D eigenvalue weighted by molar-refractivity contribution is 0.765. The third-order valence-electron chi connectivity index (χ3n) is 4.74. The molecule has 0 aliphatic rings. The van der Waals surface area contributed by atoms with Gasteiger partial charge in [0.05, 0.1) is 12.0 Å². The van der Waals surface area contributed by atoms with E-state index >= 15 is 0 Å². The van der Waals surface area contributed by atoms with Crippen LogP contribution >= 0.6 is 11.6 Å². The molecule has 0 amide bonds. The third kappa shape index (κ3) is 3.31. The van der Waals surface area contributed by atoms with Crippen LogP contribution < -0.4 is 5.56 Å². The van der Waals surface area contributed by atoms with E-state index in [1.165, 1.54) is 0 Å². The zero-order chi connectivity index (χ0) is 19.7. The lowest BCUT2D eigenvalue weighted by atomic mass is 10.1. The number of pyridine rings is 1. The van der Waals surface area contributed by atoms with Crippen LogP contribution in [0.4, 0.5) is 0 Å². The van der Waals surface area contributed by atoms with Crippen LogP contribution in [-0.4, -0.2) is 24.1 Å². The summed E-state index contributed by atoms with van der Waals surface area (Å²) in [6.45, 7) is 4.77. The van der Waals surface area contributed by atoms with E-state index in [0.717, 1.165) is 17.7 Å². The number of aryl methyl sites for hydroxylation is 2. The largest absolute Gasteiger partial charge is 0.315 e. The number of fused-ring (bicyclic) bond motifs is 1. The Morgan fingerprint density at radius 3 is 2.46 bits per heavy atom. The Balaban J connectivity index is 1.91. The van der Waals surface area contributed by atoms with Gasteiger partial charge in [-0.1, -0.05) is 24.6 Å². The highest BCUT2D eigenvalue weighted by molar-refractivity contribution is 6.30. The molecule has 28 heavy (non-hydrogen) atoms. The van der Waals surface area contributed by atoms with Crippen LogP contribution in [0.2, 0.25) is 5.02 Å². The molecule has 0 N–H and O–H groups in total. The van der Waals surface area contributed by atoms with Gasteiger partial charge in [0.25, 0.3) is 5.56 Å². The van der Waals surface area contributed by atoms with E-state index in [0.29, 0.717) is 40.7 Å². The third-order valence-corrected chi connectivity index (χ3v) is 5.00. The first-order valence-corrected chi connectivity index (χ1v) is 9.65. The molecule has 0 saturated carbocycles. The van der Waals surface area contributed by atoms with Crippen molar-refractivity contribution in [3.05, 3.63) is 81.4 Å². The van der Waals surface area contributed by atoms with E-state index < -0.39 is 0 Å². The summed E-state index contributed by atoms with van der Waals surface area (Å²) >= 11 is 6.03. The van der Waals surface area contributed by atoms with E-state index in [-0.39, 0.29) is 5.56 Å². The molecule has 3 heterocycles. The monoisotopic (exact) mass is 393 g/mol. The summed E-state index contributed by atoms with van der Waals surface area (Å²) < 4.78 is 3.49. The fraction of sp³-hybridized carbons (Fsp3) is 0.238. The molecular formula is C21H20ClN5O. The molecule has 142 valence electrons.